The fraction of sp³-hybridized carbons (Fsp3) is 0.385. The maximum absolute atomic E-state index is 10.7. The highest BCUT2D eigenvalue weighted by Crippen LogP contribution is 2.46. The summed E-state index contributed by atoms with van der Waals surface area (Å²) >= 11 is 3.57. The normalized spacial score (nSPS) is 21.8. The summed E-state index contributed by atoms with van der Waals surface area (Å²) in [7, 11) is 0. The van der Waals surface area contributed by atoms with Crippen molar-refractivity contribution in [2.24, 2.45) is 5.92 Å². The molecule has 0 spiro atoms. The van der Waals surface area contributed by atoms with E-state index in [9.17, 15) is 4.79 Å². The van der Waals surface area contributed by atoms with E-state index in [0.717, 1.165) is 26.2 Å². The van der Waals surface area contributed by atoms with Gasteiger partial charge in [-0.15, -0.1) is 0 Å². The van der Waals surface area contributed by atoms with Crippen LogP contribution in [0, 0.1) is 9.49 Å². The van der Waals surface area contributed by atoms with Crippen LogP contribution in [-0.2, 0) is 4.79 Å². The Morgan fingerprint density at radius 2 is 2.37 bits per heavy atom. The maximum Gasteiger partial charge on any atom is 0.313 e. The molecule has 2 aromatic rings. The van der Waals surface area contributed by atoms with E-state index in [1.54, 1.807) is 0 Å². The van der Waals surface area contributed by atoms with Gasteiger partial charge < -0.3 is 9.67 Å². The number of carboxylic acids is 1. The lowest BCUT2D eigenvalue weighted by molar-refractivity contribution is -0.133. The molecule has 1 aliphatic rings. The molecule has 2 unspecified atom stereocenters. The van der Waals surface area contributed by atoms with E-state index in [-0.39, 0.29) is 5.75 Å². The number of hydrogen-bond donors (Lipinski definition) is 1. The van der Waals surface area contributed by atoms with Gasteiger partial charge in [0.05, 0.1) is 16.8 Å². The molecule has 0 saturated heterocycles. The minimum atomic E-state index is -0.804. The van der Waals surface area contributed by atoms with Crippen molar-refractivity contribution < 1.29 is 9.90 Å². The average Bonchev–Trinajstić information content (AvgIpc) is 2.95. The van der Waals surface area contributed by atoms with Crippen molar-refractivity contribution in [1.29, 1.82) is 0 Å². The van der Waals surface area contributed by atoms with E-state index in [1.807, 2.05) is 6.07 Å². The zero-order chi connectivity index (χ0) is 13.6. The van der Waals surface area contributed by atoms with Crippen LogP contribution in [0.2, 0.25) is 0 Å². The molecular formula is C13H13IN2O2S. The third-order valence-electron chi connectivity index (χ3n) is 3.34. The second kappa shape index (κ2) is 4.97. The summed E-state index contributed by atoms with van der Waals surface area (Å²) in [6, 6.07) is 6.67. The highest BCUT2D eigenvalue weighted by molar-refractivity contribution is 14.1. The number of carbonyl (C=O) groups is 1. The molecule has 1 aliphatic carbocycles. The van der Waals surface area contributed by atoms with Gasteiger partial charge in [0.15, 0.2) is 5.16 Å². The summed E-state index contributed by atoms with van der Waals surface area (Å²) in [5, 5.41) is 9.66. The SMILES string of the molecule is CC1CC1n1c(SCC(=O)O)nc2cc(I)ccc21. The first kappa shape index (κ1) is 13.2. The lowest BCUT2D eigenvalue weighted by atomic mass is 10.3. The van der Waals surface area contributed by atoms with E-state index < -0.39 is 5.97 Å². The van der Waals surface area contributed by atoms with Crippen LogP contribution in [0.25, 0.3) is 11.0 Å². The molecule has 1 heterocycles. The Labute approximate surface area is 128 Å². The van der Waals surface area contributed by atoms with Gasteiger partial charge in [0.2, 0.25) is 0 Å². The summed E-state index contributed by atoms with van der Waals surface area (Å²) in [6.07, 6.45) is 1.15. The lowest BCUT2D eigenvalue weighted by Crippen LogP contribution is -2.02. The fourth-order valence-electron chi connectivity index (χ4n) is 2.26. The number of aromatic nitrogens is 2. The zero-order valence-corrected chi connectivity index (χ0v) is 13.3. The Morgan fingerprint density at radius 3 is 3.00 bits per heavy atom. The second-order valence-electron chi connectivity index (χ2n) is 4.86. The number of thioether (sulfide) groups is 1. The first-order valence-electron chi connectivity index (χ1n) is 6.08. The van der Waals surface area contributed by atoms with Gasteiger partial charge in [-0.25, -0.2) is 4.98 Å². The van der Waals surface area contributed by atoms with Crippen LogP contribution in [0.1, 0.15) is 19.4 Å². The topological polar surface area (TPSA) is 55.1 Å². The van der Waals surface area contributed by atoms with Crippen molar-refractivity contribution in [3.63, 3.8) is 0 Å². The van der Waals surface area contributed by atoms with Crippen LogP contribution < -0.4 is 0 Å². The molecule has 1 fully saturated rings. The van der Waals surface area contributed by atoms with Crippen LogP contribution in [0.4, 0.5) is 0 Å². The zero-order valence-electron chi connectivity index (χ0n) is 10.3. The van der Waals surface area contributed by atoms with E-state index in [4.69, 9.17) is 5.11 Å². The quantitative estimate of drug-likeness (QED) is 0.645. The molecule has 6 heteroatoms. The number of halogens is 1. The Morgan fingerprint density at radius 1 is 1.63 bits per heavy atom. The highest BCUT2D eigenvalue weighted by Gasteiger charge is 2.37. The molecule has 0 amide bonds. The van der Waals surface area contributed by atoms with E-state index in [1.165, 1.54) is 11.8 Å². The Balaban J connectivity index is 2.05. The number of rotatable bonds is 4. The number of carboxylic acid groups (broad SMARTS) is 1. The first-order valence-corrected chi connectivity index (χ1v) is 8.15. The number of imidazole rings is 1. The average molecular weight is 388 g/mol. The van der Waals surface area contributed by atoms with Gasteiger partial charge in [-0.3, -0.25) is 4.79 Å². The summed E-state index contributed by atoms with van der Waals surface area (Å²) in [5.41, 5.74) is 2.07. The van der Waals surface area contributed by atoms with Gasteiger partial charge in [0.1, 0.15) is 0 Å². The molecule has 2 atom stereocenters. The van der Waals surface area contributed by atoms with Crippen molar-refractivity contribution in [3.05, 3.63) is 21.8 Å². The molecular weight excluding hydrogens is 375 g/mol. The molecule has 1 N–H and O–H groups in total. The van der Waals surface area contributed by atoms with Gasteiger partial charge >= 0.3 is 5.97 Å². The standard InChI is InChI=1S/C13H13IN2O2S/c1-7-4-11(7)16-10-3-2-8(14)5-9(10)15-13(16)19-6-12(17)18/h2-3,5,7,11H,4,6H2,1H3,(H,17,18). The number of hydrogen-bond acceptors (Lipinski definition) is 3. The molecule has 1 saturated carbocycles. The molecule has 4 nitrogen and oxygen atoms in total. The number of fused-ring (bicyclic) bond motifs is 1. The van der Waals surface area contributed by atoms with E-state index >= 15 is 0 Å². The number of benzene rings is 1. The predicted octanol–water partition coefficient (Wildman–Crippen LogP) is 3.40. The van der Waals surface area contributed by atoms with Crippen molar-refractivity contribution in [1.82, 2.24) is 9.55 Å². The van der Waals surface area contributed by atoms with Crippen molar-refractivity contribution in [3.8, 4) is 0 Å². The smallest absolute Gasteiger partial charge is 0.313 e. The van der Waals surface area contributed by atoms with Gasteiger partial charge in [-0.1, -0.05) is 18.7 Å². The summed E-state index contributed by atoms with van der Waals surface area (Å²) in [6.45, 7) is 2.22. The summed E-state index contributed by atoms with van der Waals surface area (Å²) in [4.78, 5) is 15.3. The van der Waals surface area contributed by atoms with Gasteiger partial charge in [0.25, 0.3) is 0 Å². The lowest BCUT2D eigenvalue weighted by Gasteiger charge is -2.06. The van der Waals surface area contributed by atoms with Crippen LogP contribution in [0.3, 0.4) is 0 Å². The fourth-order valence-corrected chi connectivity index (χ4v) is 3.52. The Hall–Kier alpha value is -0.760. The molecule has 19 heavy (non-hydrogen) atoms. The molecule has 1 aromatic carbocycles. The third-order valence-corrected chi connectivity index (χ3v) is 4.95. The largest absolute Gasteiger partial charge is 0.481 e. The summed E-state index contributed by atoms with van der Waals surface area (Å²) < 4.78 is 3.36. The Kier molecular flexibility index (Phi) is 3.46. The third kappa shape index (κ3) is 2.60. The van der Waals surface area contributed by atoms with Gasteiger partial charge in [-0.05, 0) is 53.1 Å². The summed E-state index contributed by atoms with van der Waals surface area (Å²) in [5.74, 6) is -0.0930. The van der Waals surface area contributed by atoms with Crippen molar-refractivity contribution >= 4 is 51.4 Å². The minimum absolute atomic E-state index is 0.0571. The van der Waals surface area contributed by atoms with Gasteiger partial charge in [-0.2, -0.15) is 0 Å². The molecule has 100 valence electrons. The van der Waals surface area contributed by atoms with Crippen molar-refractivity contribution in [2.75, 3.05) is 5.75 Å². The molecule has 0 bridgehead atoms. The molecule has 0 radical (unpaired) electrons. The van der Waals surface area contributed by atoms with Crippen LogP contribution in [-0.4, -0.2) is 26.4 Å². The monoisotopic (exact) mass is 388 g/mol. The van der Waals surface area contributed by atoms with Crippen LogP contribution >= 0.6 is 34.4 Å². The molecule has 1 aromatic heterocycles. The van der Waals surface area contributed by atoms with Crippen LogP contribution in [0.5, 0.6) is 0 Å². The minimum Gasteiger partial charge on any atom is -0.481 e. The highest BCUT2D eigenvalue weighted by atomic mass is 127. The predicted molar refractivity (Wildman–Crippen MR) is 83.6 cm³/mol. The van der Waals surface area contributed by atoms with Crippen molar-refractivity contribution in [2.45, 2.75) is 24.5 Å². The number of nitrogens with zero attached hydrogens (tertiary/aromatic N) is 2. The van der Waals surface area contributed by atoms with E-state index in [2.05, 4.69) is 51.2 Å². The second-order valence-corrected chi connectivity index (χ2v) is 7.05. The maximum atomic E-state index is 10.7. The first-order chi connectivity index (χ1) is 9.06. The number of aliphatic carboxylic acids is 1. The van der Waals surface area contributed by atoms with E-state index in [0.29, 0.717) is 12.0 Å². The molecule has 0 aliphatic heterocycles. The Bertz CT molecular complexity index is 655. The molecule has 3 rings (SSSR count). The van der Waals surface area contributed by atoms with Crippen LogP contribution in [0.15, 0.2) is 23.4 Å². The van der Waals surface area contributed by atoms with Gasteiger partial charge in [0, 0.05) is 9.61 Å².